The van der Waals surface area contributed by atoms with Crippen molar-refractivity contribution in [2.45, 2.75) is 19.8 Å². The predicted octanol–water partition coefficient (Wildman–Crippen LogP) is 2.55. The molecule has 50 valence electrons. The molecule has 1 heteroatoms. The van der Waals surface area contributed by atoms with Crippen molar-refractivity contribution in [1.82, 2.24) is 0 Å². The van der Waals surface area contributed by atoms with Crippen molar-refractivity contribution in [1.29, 1.82) is 5.41 Å². The highest BCUT2D eigenvalue weighted by Crippen LogP contribution is 1.91. The molecule has 0 rings (SSSR count). The summed E-state index contributed by atoms with van der Waals surface area (Å²) in [7, 11) is 0. The van der Waals surface area contributed by atoms with Gasteiger partial charge in [-0.1, -0.05) is 24.8 Å². The van der Waals surface area contributed by atoms with Crippen LogP contribution >= 0.6 is 0 Å². The number of hydrogen-bond acceptors (Lipinski definition) is 1. The topological polar surface area (TPSA) is 23.9 Å². The van der Waals surface area contributed by atoms with Crippen LogP contribution in [0.4, 0.5) is 0 Å². The average Bonchev–Trinajstić information content (AvgIpc) is 1.80. The van der Waals surface area contributed by atoms with Crippen molar-refractivity contribution in [2.24, 2.45) is 0 Å². The Kier molecular flexibility index (Phi) is 4.79. The number of hydrogen-bond donors (Lipinski definition) is 1. The van der Waals surface area contributed by atoms with Gasteiger partial charge in [0.25, 0.3) is 0 Å². The highest BCUT2D eigenvalue weighted by molar-refractivity contribution is 5.78. The molecule has 0 unspecified atom stereocenters. The van der Waals surface area contributed by atoms with Crippen molar-refractivity contribution >= 4 is 5.71 Å². The first-order valence-corrected chi connectivity index (χ1v) is 3.09. The van der Waals surface area contributed by atoms with Gasteiger partial charge in [-0.3, -0.25) is 0 Å². The van der Waals surface area contributed by atoms with Crippen LogP contribution in [0.2, 0.25) is 0 Å². The third-order valence-electron chi connectivity index (χ3n) is 0.958. The quantitative estimate of drug-likeness (QED) is 0.439. The highest BCUT2D eigenvalue weighted by atomic mass is 14.4. The lowest BCUT2D eigenvalue weighted by Crippen LogP contribution is -1.84. The highest BCUT2D eigenvalue weighted by Gasteiger charge is 1.82. The molecule has 0 aliphatic heterocycles. The zero-order valence-corrected chi connectivity index (χ0v) is 5.85. The van der Waals surface area contributed by atoms with E-state index in [1.807, 2.05) is 19.1 Å². The molecule has 0 atom stereocenters. The molecule has 0 radical (unpaired) electrons. The van der Waals surface area contributed by atoms with E-state index in [0.29, 0.717) is 0 Å². The number of nitrogens with one attached hydrogen (secondary N) is 1. The molecule has 0 aromatic carbocycles. The van der Waals surface area contributed by atoms with Gasteiger partial charge < -0.3 is 5.41 Å². The first kappa shape index (κ1) is 8.15. The summed E-state index contributed by atoms with van der Waals surface area (Å²) in [5.41, 5.74) is 0.740. The molecule has 9 heavy (non-hydrogen) atoms. The summed E-state index contributed by atoms with van der Waals surface area (Å²) in [6.45, 7) is 5.36. The Bertz CT molecular complexity index is 123. The zero-order chi connectivity index (χ0) is 7.11. The van der Waals surface area contributed by atoms with Gasteiger partial charge in [0.2, 0.25) is 0 Å². The number of rotatable bonds is 4. The third-order valence-corrected chi connectivity index (χ3v) is 0.958. The Balaban J connectivity index is 3.19. The van der Waals surface area contributed by atoms with E-state index in [9.17, 15) is 0 Å². The summed E-state index contributed by atoms with van der Waals surface area (Å²) in [4.78, 5) is 0. The summed E-state index contributed by atoms with van der Waals surface area (Å²) >= 11 is 0. The summed E-state index contributed by atoms with van der Waals surface area (Å²) in [6, 6.07) is 0. The zero-order valence-electron chi connectivity index (χ0n) is 5.85. The lowest BCUT2D eigenvalue weighted by atomic mass is 10.2. The lowest BCUT2D eigenvalue weighted by molar-refractivity contribution is 1.07. The lowest BCUT2D eigenvalue weighted by Gasteiger charge is -1.88. The van der Waals surface area contributed by atoms with E-state index in [4.69, 9.17) is 5.41 Å². The van der Waals surface area contributed by atoms with E-state index in [-0.39, 0.29) is 0 Å². The van der Waals surface area contributed by atoms with Gasteiger partial charge in [0.1, 0.15) is 0 Å². The van der Waals surface area contributed by atoms with Crippen LogP contribution in [0.1, 0.15) is 19.8 Å². The molecular formula is C8H13N. The standard InChI is InChI=1S/C8H13N/c1-3-4-5-6-7-8(2)9/h3-5,9H,1,6-7H2,2H3/b5-4-,9-8?. The van der Waals surface area contributed by atoms with Gasteiger partial charge in [0.05, 0.1) is 0 Å². The van der Waals surface area contributed by atoms with E-state index < -0.39 is 0 Å². The van der Waals surface area contributed by atoms with Gasteiger partial charge in [-0.15, -0.1) is 0 Å². The van der Waals surface area contributed by atoms with E-state index in [2.05, 4.69) is 6.58 Å². The molecule has 0 saturated heterocycles. The second-order valence-electron chi connectivity index (χ2n) is 1.98. The SMILES string of the molecule is C=C/C=C\CCC(C)=N. The molecule has 0 aromatic heterocycles. The largest absolute Gasteiger partial charge is 0.310 e. The van der Waals surface area contributed by atoms with Gasteiger partial charge in [-0.2, -0.15) is 0 Å². The normalized spacial score (nSPS) is 9.89. The Hall–Kier alpha value is -0.850. The summed E-state index contributed by atoms with van der Waals surface area (Å²) in [5.74, 6) is 0. The maximum absolute atomic E-state index is 7.07. The fourth-order valence-electron chi connectivity index (χ4n) is 0.492. The van der Waals surface area contributed by atoms with Crippen LogP contribution in [0.25, 0.3) is 0 Å². The molecule has 1 nitrogen and oxygen atoms in total. The van der Waals surface area contributed by atoms with Crippen molar-refractivity contribution < 1.29 is 0 Å². The van der Waals surface area contributed by atoms with Crippen LogP contribution in [-0.4, -0.2) is 5.71 Å². The van der Waals surface area contributed by atoms with Crippen molar-refractivity contribution in [2.75, 3.05) is 0 Å². The maximum atomic E-state index is 7.07. The van der Waals surface area contributed by atoms with Crippen molar-refractivity contribution in [3.63, 3.8) is 0 Å². The van der Waals surface area contributed by atoms with E-state index in [1.165, 1.54) is 0 Å². The molecule has 0 aliphatic rings. The predicted molar refractivity (Wildman–Crippen MR) is 42.0 cm³/mol. The van der Waals surface area contributed by atoms with Crippen LogP contribution in [0.5, 0.6) is 0 Å². The first-order valence-electron chi connectivity index (χ1n) is 3.09. The smallest absolute Gasteiger partial charge is 0.00613 e. The van der Waals surface area contributed by atoms with Crippen LogP contribution in [0.15, 0.2) is 24.8 Å². The molecule has 0 aromatic rings. The second-order valence-corrected chi connectivity index (χ2v) is 1.98. The third kappa shape index (κ3) is 7.15. The molecular weight excluding hydrogens is 110 g/mol. The molecule has 0 bridgehead atoms. The van der Waals surface area contributed by atoms with Crippen LogP contribution < -0.4 is 0 Å². The average molecular weight is 123 g/mol. The minimum absolute atomic E-state index is 0.740. The van der Waals surface area contributed by atoms with Crippen LogP contribution in [0.3, 0.4) is 0 Å². The Morgan fingerprint density at radius 2 is 2.33 bits per heavy atom. The summed E-state index contributed by atoms with van der Waals surface area (Å²) in [6.07, 6.45) is 7.50. The summed E-state index contributed by atoms with van der Waals surface area (Å²) < 4.78 is 0. The maximum Gasteiger partial charge on any atom is 0.00613 e. The van der Waals surface area contributed by atoms with Crippen LogP contribution in [0, 0.1) is 5.41 Å². The molecule has 0 heterocycles. The number of allylic oxidation sites excluding steroid dienone is 3. The van der Waals surface area contributed by atoms with Crippen molar-refractivity contribution in [3.05, 3.63) is 24.8 Å². The minimum Gasteiger partial charge on any atom is -0.310 e. The van der Waals surface area contributed by atoms with E-state index >= 15 is 0 Å². The van der Waals surface area contributed by atoms with Gasteiger partial charge >= 0.3 is 0 Å². The van der Waals surface area contributed by atoms with Gasteiger partial charge in [-0.25, -0.2) is 0 Å². The van der Waals surface area contributed by atoms with E-state index in [1.54, 1.807) is 6.08 Å². The van der Waals surface area contributed by atoms with Gasteiger partial charge in [0, 0.05) is 5.71 Å². The fraction of sp³-hybridized carbons (Fsp3) is 0.375. The van der Waals surface area contributed by atoms with Crippen molar-refractivity contribution in [3.8, 4) is 0 Å². The summed E-state index contributed by atoms with van der Waals surface area (Å²) in [5, 5.41) is 7.07. The molecule has 1 N–H and O–H groups in total. The molecule has 0 aliphatic carbocycles. The van der Waals surface area contributed by atoms with E-state index in [0.717, 1.165) is 18.6 Å². The first-order chi connectivity index (χ1) is 4.27. The van der Waals surface area contributed by atoms with Crippen LogP contribution in [-0.2, 0) is 0 Å². The Labute approximate surface area is 56.6 Å². The fourth-order valence-corrected chi connectivity index (χ4v) is 0.492. The second kappa shape index (κ2) is 5.29. The monoisotopic (exact) mass is 123 g/mol. The molecule has 0 spiro atoms. The molecule has 0 saturated carbocycles. The molecule has 0 fully saturated rings. The molecule has 0 amide bonds. The van der Waals surface area contributed by atoms with Gasteiger partial charge in [0.15, 0.2) is 0 Å². The Morgan fingerprint density at radius 3 is 2.78 bits per heavy atom. The Morgan fingerprint density at radius 1 is 1.67 bits per heavy atom. The van der Waals surface area contributed by atoms with Gasteiger partial charge in [-0.05, 0) is 19.8 Å². The minimum atomic E-state index is 0.740.